The Hall–Kier alpha value is 0.460. The van der Waals surface area contributed by atoms with Gasteiger partial charge in [0.05, 0.1) is 0 Å². The minimum absolute atomic E-state index is 0.793. The highest BCUT2D eigenvalue weighted by Crippen LogP contribution is 2.26. The minimum atomic E-state index is 0.793. The van der Waals surface area contributed by atoms with Gasteiger partial charge in [-0.05, 0) is 28.3 Å². The van der Waals surface area contributed by atoms with Crippen LogP contribution in [0.1, 0.15) is 20.3 Å². The van der Waals surface area contributed by atoms with E-state index in [9.17, 15) is 0 Å². The van der Waals surface area contributed by atoms with Gasteiger partial charge in [0, 0.05) is 11.1 Å². The molecule has 0 saturated carbocycles. The second kappa shape index (κ2) is 5.25. The van der Waals surface area contributed by atoms with Crippen LogP contribution in [0.3, 0.4) is 0 Å². The average Bonchev–Trinajstić information content (AvgIpc) is 2.35. The van der Waals surface area contributed by atoms with Crippen LogP contribution in [0, 0.1) is 5.92 Å². The lowest BCUT2D eigenvalue weighted by Crippen LogP contribution is -1.88. The predicted octanol–water partition coefficient (Wildman–Crippen LogP) is 4.04. The summed E-state index contributed by atoms with van der Waals surface area (Å²) in [6.45, 7) is 4.50. The Balaban J connectivity index is 2.24. The smallest absolute Gasteiger partial charge is 0.151 e. The Morgan fingerprint density at radius 3 is 2.92 bits per heavy atom. The largest absolute Gasteiger partial charge is 0.223 e. The first-order chi connectivity index (χ1) is 5.68. The molecule has 0 radical (unpaired) electrons. The molecule has 0 saturated heterocycles. The lowest BCUT2D eigenvalue weighted by molar-refractivity contribution is 0.632. The number of hydrogen-bond donors (Lipinski definition) is 0. The molecule has 0 aliphatic carbocycles. The van der Waals surface area contributed by atoms with E-state index in [1.807, 2.05) is 17.1 Å². The number of halogens is 1. The van der Waals surface area contributed by atoms with Crippen LogP contribution in [0.4, 0.5) is 0 Å². The molecule has 1 aromatic rings. The van der Waals surface area contributed by atoms with Crippen LogP contribution >= 0.6 is 39.0 Å². The van der Waals surface area contributed by atoms with E-state index >= 15 is 0 Å². The van der Waals surface area contributed by atoms with Gasteiger partial charge in [-0.3, -0.25) is 0 Å². The summed E-state index contributed by atoms with van der Waals surface area (Å²) >= 11 is 6.89. The molecule has 4 heteroatoms. The molecule has 0 atom stereocenters. The van der Waals surface area contributed by atoms with E-state index in [4.69, 9.17) is 0 Å². The third-order valence-electron chi connectivity index (χ3n) is 1.38. The van der Waals surface area contributed by atoms with Crippen molar-refractivity contribution >= 4 is 39.0 Å². The molecule has 0 bridgehead atoms. The third-order valence-corrected chi connectivity index (χ3v) is 4.14. The Morgan fingerprint density at radius 2 is 2.42 bits per heavy atom. The first kappa shape index (κ1) is 10.5. The molecule has 0 aromatic carbocycles. The van der Waals surface area contributed by atoms with Gasteiger partial charge in [-0.2, -0.15) is 0 Å². The van der Waals surface area contributed by atoms with Crippen LogP contribution in [0.5, 0.6) is 0 Å². The Bertz CT molecular complexity index is 235. The fourth-order valence-electron chi connectivity index (χ4n) is 0.687. The van der Waals surface area contributed by atoms with Crippen molar-refractivity contribution in [3.63, 3.8) is 0 Å². The van der Waals surface area contributed by atoms with Gasteiger partial charge < -0.3 is 0 Å². The number of hydrogen-bond acceptors (Lipinski definition) is 3. The van der Waals surface area contributed by atoms with Gasteiger partial charge in [0.2, 0.25) is 0 Å². The lowest BCUT2D eigenvalue weighted by Gasteiger charge is -2.00. The van der Waals surface area contributed by atoms with Gasteiger partial charge in [0.15, 0.2) is 4.34 Å². The van der Waals surface area contributed by atoms with Crippen LogP contribution < -0.4 is 0 Å². The van der Waals surface area contributed by atoms with Gasteiger partial charge in [0.1, 0.15) is 4.60 Å². The van der Waals surface area contributed by atoms with Crippen LogP contribution in [-0.4, -0.2) is 10.7 Å². The van der Waals surface area contributed by atoms with Gasteiger partial charge in [-0.1, -0.05) is 25.6 Å². The molecule has 1 aromatic heterocycles. The Labute approximate surface area is 90.1 Å². The van der Waals surface area contributed by atoms with Gasteiger partial charge in [-0.15, -0.1) is 11.3 Å². The van der Waals surface area contributed by atoms with Crippen molar-refractivity contribution in [3.8, 4) is 0 Å². The van der Waals surface area contributed by atoms with Gasteiger partial charge >= 0.3 is 0 Å². The SMILES string of the molecule is CC(C)CCSc1nc(Br)cs1. The zero-order valence-corrected chi connectivity index (χ0v) is 10.4. The summed E-state index contributed by atoms with van der Waals surface area (Å²) in [5.74, 6) is 1.97. The molecule has 0 amide bonds. The fraction of sp³-hybridized carbons (Fsp3) is 0.625. The Kier molecular flexibility index (Phi) is 4.61. The maximum atomic E-state index is 4.31. The summed E-state index contributed by atoms with van der Waals surface area (Å²) < 4.78 is 2.13. The fourth-order valence-corrected chi connectivity index (χ4v) is 3.37. The van der Waals surface area contributed by atoms with E-state index in [0.717, 1.165) is 10.5 Å². The topological polar surface area (TPSA) is 12.9 Å². The summed E-state index contributed by atoms with van der Waals surface area (Å²) in [5, 5.41) is 2.03. The highest BCUT2D eigenvalue weighted by Gasteiger charge is 2.00. The molecule has 0 aliphatic rings. The van der Waals surface area contributed by atoms with Crippen molar-refractivity contribution in [2.24, 2.45) is 5.92 Å². The first-order valence-electron chi connectivity index (χ1n) is 3.92. The van der Waals surface area contributed by atoms with Crippen molar-refractivity contribution < 1.29 is 0 Å². The number of rotatable bonds is 4. The summed E-state index contributed by atoms with van der Waals surface area (Å²) in [5.41, 5.74) is 0. The molecule has 1 rings (SSSR count). The van der Waals surface area contributed by atoms with E-state index in [1.54, 1.807) is 11.3 Å². The van der Waals surface area contributed by atoms with Gasteiger partial charge in [0.25, 0.3) is 0 Å². The normalized spacial score (nSPS) is 11.0. The second-order valence-corrected chi connectivity index (χ2v) is 5.98. The molecule has 1 heterocycles. The standard InChI is InChI=1S/C8H12BrNS2/c1-6(2)3-4-11-8-10-7(9)5-12-8/h5-6H,3-4H2,1-2H3. The van der Waals surface area contributed by atoms with E-state index < -0.39 is 0 Å². The second-order valence-electron chi connectivity index (χ2n) is 2.97. The van der Waals surface area contributed by atoms with Crippen LogP contribution in [0.15, 0.2) is 14.3 Å². The highest BCUT2D eigenvalue weighted by molar-refractivity contribution is 9.10. The van der Waals surface area contributed by atoms with E-state index in [0.29, 0.717) is 0 Å². The highest BCUT2D eigenvalue weighted by atomic mass is 79.9. The first-order valence-corrected chi connectivity index (χ1v) is 6.58. The Morgan fingerprint density at radius 1 is 1.67 bits per heavy atom. The lowest BCUT2D eigenvalue weighted by atomic mass is 10.2. The molecule has 1 nitrogen and oxygen atoms in total. The van der Waals surface area contributed by atoms with Gasteiger partial charge in [-0.25, -0.2) is 4.98 Å². The molecule has 0 N–H and O–H groups in total. The molecule has 68 valence electrons. The molecule has 0 aliphatic heterocycles. The average molecular weight is 266 g/mol. The molecular formula is C8H12BrNS2. The molecular weight excluding hydrogens is 254 g/mol. The molecule has 0 unspecified atom stereocenters. The molecule has 0 fully saturated rings. The molecule has 0 spiro atoms. The van der Waals surface area contributed by atoms with Crippen molar-refractivity contribution in [2.75, 3.05) is 5.75 Å². The zero-order chi connectivity index (χ0) is 8.97. The minimum Gasteiger partial charge on any atom is -0.223 e. The van der Waals surface area contributed by atoms with E-state index in [2.05, 4.69) is 34.8 Å². The summed E-state index contributed by atoms with van der Waals surface area (Å²) in [6.07, 6.45) is 1.27. The van der Waals surface area contributed by atoms with Crippen molar-refractivity contribution in [1.82, 2.24) is 4.98 Å². The van der Waals surface area contributed by atoms with Crippen molar-refractivity contribution in [2.45, 2.75) is 24.6 Å². The van der Waals surface area contributed by atoms with Crippen molar-refractivity contribution in [1.29, 1.82) is 0 Å². The zero-order valence-electron chi connectivity index (χ0n) is 7.21. The monoisotopic (exact) mass is 265 g/mol. The predicted molar refractivity (Wildman–Crippen MR) is 60.0 cm³/mol. The number of aromatic nitrogens is 1. The summed E-state index contributed by atoms with van der Waals surface area (Å²) in [7, 11) is 0. The van der Waals surface area contributed by atoms with E-state index in [-0.39, 0.29) is 0 Å². The third kappa shape index (κ3) is 3.92. The van der Waals surface area contributed by atoms with Crippen LogP contribution in [0.2, 0.25) is 0 Å². The van der Waals surface area contributed by atoms with E-state index in [1.165, 1.54) is 16.5 Å². The quantitative estimate of drug-likeness (QED) is 0.763. The van der Waals surface area contributed by atoms with Crippen LogP contribution in [-0.2, 0) is 0 Å². The molecule has 12 heavy (non-hydrogen) atoms. The number of nitrogens with zero attached hydrogens (tertiary/aromatic N) is 1. The van der Waals surface area contributed by atoms with Crippen molar-refractivity contribution in [3.05, 3.63) is 9.98 Å². The summed E-state index contributed by atoms with van der Waals surface area (Å²) in [6, 6.07) is 0. The number of thioether (sulfide) groups is 1. The maximum absolute atomic E-state index is 4.31. The summed E-state index contributed by atoms with van der Waals surface area (Å²) in [4.78, 5) is 4.31. The van der Waals surface area contributed by atoms with Crippen LogP contribution in [0.25, 0.3) is 0 Å². The maximum Gasteiger partial charge on any atom is 0.151 e. The number of thiazole rings is 1.